The van der Waals surface area contributed by atoms with Crippen LogP contribution in [0.3, 0.4) is 0 Å². The van der Waals surface area contributed by atoms with Gasteiger partial charge in [0.25, 0.3) is 5.56 Å². The van der Waals surface area contributed by atoms with Gasteiger partial charge in [0, 0.05) is 25.7 Å². The molecule has 1 heterocycles. The molecule has 0 amide bonds. The average molecular weight is 230 g/mol. The van der Waals surface area contributed by atoms with Gasteiger partial charge in [-0.3, -0.25) is 13.9 Å². The van der Waals surface area contributed by atoms with Crippen molar-refractivity contribution in [1.82, 2.24) is 9.13 Å². The minimum Gasteiger partial charge on any atom is -0.296 e. The van der Waals surface area contributed by atoms with Crippen molar-refractivity contribution in [3.63, 3.8) is 0 Å². The fraction of sp³-hybridized carbons (Fsp3) is 0.231. The van der Waals surface area contributed by atoms with Gasteiger partial charge in [0.2, 0.25) is 0 Å². The molecule has 0 saturated carbocycles. The molecule has 0 saturated heterocycles. The van der Waals surface area contributed by atoms with E-state index in [1.807, 2.05) is 31.2 Å². The number of hydrogen-bond acceptors (Lipinski definition) is 2. The van der Waals surface area contributed by atoms with Gasteiger partial charge in [-0.25, -0.2) is 4.79 Å². The maximum Gasteiger partial charge on any atom is 0.330 e. The molecule has 0 aliphatic carbocycles. The highest BCUT2D eigenvalue weighted by Crippen LogP contribution is 2.19. The van der Waals surface area contributed by atoms with Crippen molar-refractivity contribution < 1.29 is 0 Å². The molecular formula is C13H14N2O2. The van der Waals surface area contributed by atoms with Crippen molar-refractivity contribution in [2.75, 3.05) is 0 Å². The lowest BCUT2D eigenvalue weighted by atomic mass is 10.1. The summed E-state index contributed by atoms with van der Waals surface area (Å²) in [7, 11) is 3.15. The second kappa shape index (κ2) is 4.05. The number of hydrogen-bond donors (Lipinski definition) is 0. The van der Waals surface area contributed by atoms with Gasteiger partial charge in [-0.1, -0.05) is 24.3 Å². The molecule has 0 radical (unpaired) electrons. The number of nitrogens with zero attached hydrogens (tertiary/aromatic N) is 2. The molecule has 0 bridgehead atoms. The van der Waals surface area contributed by atoms with Gasteiger partial charge in [0.15, 0.2) is 0 Å². The monoisotopic (exact) mass is 230 g/mol. The van der Waals surface area contributed by atoms with Gasteiger partial charge in [0.05, 0.1) is 5.69 Å². The second-order valence-corrected chi connectivity index (χ2v) is 4.08. The Balaban J connectivity index is 2.83. The van der Waals surface area contributed by atoms with E-state index in [0.717, 1.165) is 15.7 Å². The van der Waals surface area contributed by atoms with E-state index in [9.17, 15) is 9.59 Å². The lowest BCUT2D eigenvalue weighted by Crippen LogP contribution is -2.37. The summed E-state index contributed by atoms with van der Waals surface area (Å²) < 4.78 is 2.59. The van der Waals surface area contributed by atoms with Crippen LogP contribution < -0.4 is 11.2 Å². The van der Waals surface area contributed by atoms with Crippen LogP contribution in [0.2, 0.25) is 0 Å². The standard InChI is InChI=1S/C13H14N2O2/c1-9-6-4-5-7-10(9)11-8-12(16)15(3)13(17)14(11)2/h4-8H,1-3H3. The summed E-state index contributed by atoms with van der Waals surface area (Å²) >= 11 is 0. The Kier molecular flexibility index (Phi) is 2.71. The number of benzene rings is 1. The zero-order valence-corrected chi connectivity index (χ0v) is 10.1. The summed E-state index contributed by atoms with van der Waals surface area (Å²) in [6.07, 6.45) is 0. The lowest BCUT2D eigenvalue weighted by molar-refractivity contribution is 0.691. The van der Waals surface area contributed by atoms with Crippen LogP contribution in [-0.4, -0.2) is 9.13 Å². The van der Waals surface area contributed by atoms with Gasteiger partial charge in [-0.05, 0) is 12.5 Å². The molecular weight excluding hydrogens is 216 g/mol. The molecule has 1 aromatic carbocycles. The van der Waals surface area contributed by atoms with E-state index in [4.69, 9.17) is 0 Å². The molecule has 0 atom stereocenters. The first-order valence-electron chi connectivity index (χ1n) is 5.35. The maximum absolute atomic E-state index is 11.8. The van der Waals surface area contributed by atoms with Gasteiger partial charge in [0.1, 0.15) is 0 Å². The zero-order valence-electron chi connectivity index (χ0n) is 10.1. The smallest absolute Gasteiger partial charge is 0.296 e. The highest BCUT2D eigenvalue weighted by molar-refractivity contribution is 5.63. The van der Waals surface area contributed by atoms with Crippen molar-refractivity contribution in [3.8, 4) is 11.3 Å². The summed E-state index contributed by atoms with van der Waals surface area (Å²) in [5, 5.41) is 0. The molecule has 0 N–H and O–H groups in total. The minimum absolute atomic E-state index is 0.286. The summed E-state index contributed by atoms with van der Waals surface area (Å²) in [6, 6.07) is 9.17. The molecule has 0 aliphatic rings. The third-order valence-electron chi connectivity index (χ3n) is 2.95. The molecule has 88 valence electrons. The summed E-state index contributed by atoms with van der Waals surface area (Å²) in [5.41, 5.74) is 2.00. The van der Waals surface area contributed by atoms with Crippen molar-refractivity contribution in [2.45, 2.75) is 6.92 Å². The first-order chi connectivity index (χ1) is 8.02. The molecule has 17 heavy (non-hydrogen) atoms. The van der Waals surface area contributed by atoms with Crippen LogP contribution in [-0.2, 0) is 14.1 Å². The predicted octanol–water partition coefficient (Wildman–Crippen LogP) is 1.06. The van der Waals surface area contributed by atoms with Crippen LogP contribution in [0, 0.1) is 6.92 Å². The van der Waals surface area contributed by atoms with Crippen molar-refractivity contribution in [3.05, 3.63) is 56.7 Å². The van der Waals surface area contributed by atoms with Gasteiger partial charge in [-0.2, -0.15) is 0 Å². The Morgan fingerprint density at radius 2 is 1.65 bits per heavy atom. The first kappa shape index (κ1) is 11.4. The quantitative estimate of drug-likeness (QED) is 0.735. The second-order valence-electron chi connectivity index (χ2n) is 4.08. The molecule has 0 fully saturated rings. The molecule has 2 aromatic rings. The highest BCUT2D eigenvalue weighted by atomic mass is 16.2. The van der Waals surface area contributed by atoms with Crippen LogP contribution in [0.15, 0.2) is 39.9 Å². The Bertz CT molecular complexity index is 681. The molecule has 0 spiro atoms. The van der Waals surface area contributed by atoms with E-state index in [-0.39, 0.29) is 11.2 Å². The molecule has 0 aliphatic heterocycles. The topological polar surface area (TPSA) is 44.0 Å². The Morgan fingerprint density at radius 3 is 2.29 bits per heavy atom. The lowest BCUT2D eigenvalue weighted by Gasteiger charge is -2.11. The number of aromatic nitrogens is 2. The van der Waals surface area contributed by atoms with E-state index in [0.29, 0.717) is 5.69 Å². The largest absolute Gasteiger partial charge is 0.330 e. The fourth-order valence-electron chi connectivity index (χ4n) is 1.85. The number of aryl methyl sites for hydroxylation is 1. The third kappa shape index (κ3) is 1.82. The summed E-state index contributed by atoms with van der Waals surface area (Å²) in [4.78, 5) is 23.5. The Hall–Kier alpha value is -2.10. The van der Waals surface area contributed by atoms with Crippen LogP contribution >= 0.6 is 0 Å². The number of rotatable bonds is 1. The highest BCUT2D eigenvalue weighted by Gasteiger charge is 2.09. The Labute approximate surface area is 98.8 Å². The van der Waals surface area contributed by atoms with E-state index in [1.54, 1.807) is 7.05 Å². The van der Waals surface area contributed by atoms with E-state index >= 15 is 0 Å². The third-order valence-corrected chi connectivity index (χ3v) is 2.95. The predicted molar refractivity (Wildman–Crippen MR) is 67.1 cm³/mol. The van der Waals surface area contributed by atoms with E-state index in [2.05, 4.69) is 0 Å². The maximum atomic E-state index is 11.8. The molecule has 1 aromatic heterocycles. The van der Waals surface area contributed by atoms with Crippen LogP contribution in [0.25, 0.3) is 11.3 Å². The molecule has 4 nitrogen and oxygen atoms in total. The molecule has 4 heteroatoms. The Morgan fingerprint density at radius 1 is 1.00 bits per heavy atom. The molecule has 2 rings (SSSR count). The SMILES string of the molecule is Cc1ccccc1-c1cc(=O)n(C)c(=O)n1C. The normalized spacial score (nSPS) is 10.5. The zero-order chi connectivity index (χ0) is 12.6. The van der Waals surface area contributed by atoms with Crippen LogP contribution in [0.5, 0.6) is 0 Å². The van der Waals surface area contributed by atoms with Gasteiger partial charge in [-0.15, -0.1) is 0 Å². The summed E-state index contributed by atoms with van der Waals surface area (Å²) in [5.74, 6) is 0. The van der Waals surface area contributed by atoms with Gasteiger partial charge < -0.3 is 0 Å². The van der Waals surface area contributed by atoms with Crippen molar-refractivity contribution in [2.24, 2.45) is 14.1 Å². The van der Waals surface area contributed by atoms with Crippen molar-refractivity contribution >= 4 is 0 Å². The van der Waals surface area contributed by atoms with Gasteiger partial charge >= 0.3 is 5.69 Å². The van der Waals surface area contributed by atoms with E-state index in [1.165, 1.54) is 17.7 Å². The van der Waals surface area contributed by atoms with E-state index < -0.39 is 0 Å². The van der Waals surface area contributed by atoms with Crippen LogP contribution in [0.4, 0.5) is 0 Å². The van der Waals surface area contributed by atoms with Crippen molar-refractivity contribution in [1.29, 1.82) is 0 Å². The molecule has 0 unspecified atom stereocenters. The minimum atomic E-state index is -0.309. The summed E-state index contributed by atoms with van der Waals surface area (Å²) in [6.45, 7) is 1.96. The average Bonchev–Trinajstić information content (AvgIpc) is 2.32. The van der Waals surface area contributed by atoms with Crippen LogP contribution in [0.1, 0.15) is 5.56 Å². The first-order valence-corrected chi connectivity index (χ1v) is 5.35. The fourth-order valence-corrected chi connectivity index (χ4v) is 1.85.